The van der Waals surface area contributed by atoms with Crippen molar-refractivity contribution in [2.75, 3.05) is 0 Å². The molecule has 2 aromatic rings. The van der Waals surface area contributed by atoms with Gasteiger partial charge in [0.1, 0.15) is 12.3 Å². The van der Waals surface area contributed by atoms with E-state index in [0.717, 1.165) is 10.0 Å². The highest BCUT2D eigenvalue weighted by Crippen LogP contribution is 2.13. The first kappa shape index (κ1) is 13.3. The molecule has 0 fully saturated rings. The molecule has 0 aliphatic rings. The normalized spacial score (nSPS) is 11.3. The number of ether oxygens (including phenoxy) is 1. The molecular weight excluding hydrogens is 312 g/mol. The number of hydrogen-bond acceptors (Lipinski definition) is 5. The standard InChI is InChI=1S/C12H11BrN4O2/c13-9-3-1-2-8(6-9)7-19-12-15-5-4-10(16-12)11(14)17-18/h1-6,18H,7H2,(H2,14,17). The van der Waals surface area contributed by atoms with Crippen molar-refractivity contribution in [3.8, 4) is 6.01 Å². The van der Waals surface area contributed by atoms with Gasteiger partial charge in [-0.15, -0.1) is 0 Å². The second-order valence-corrected chi connectivity index (χ2v) is 4.54. The maximum atomic E-state index is 8.57. The summed E-state index contributed by atoms with van der Waals surface area (Å²) in [6.07, 6.45) is 1.48. The smallest absolute Gasteiger partial charge is 0.317 e. The minimum atomic E-state index is -0.0882. The summed E-state index contributed by atoms with van der Waals surface area (Å²) in [4.78, 5) is 7.98. The van der Waals surface area contributed by atoms with Crippen molar-refractivity contribution in [3.05, 3.63) is 52.3 Å². The molecule has 0 radical (unpaired) electrons. The van der Waals surface area contributed by atoms with Gasteiger partial charge in [-0.25, -0.2) is 4.98 Å². The number of oxime groups is 1. The molecule has 0 spiro atoms. The average Bonchev–Trinajstić information content (AvgIpc) is 2.45. The summed E-state index contributed by atoms with van der Waals surface area (Å²) in [5, 5.41) is 11.4. The van der Waals surface area contributed by atoms with Crippen molar-refractivity contribution in [1.82, 2.24) is 9.97 Å². The Balaban J connectivity index is 2.08. The van der Waals surface area contributed by atoms with Gasteiger partial charge in [0, 0.05) is 10.7 Å². The van der Waals surface area contributed by atoms with Crippen molar-refractivity contribution >= 4 is 21.8 Å². The topological polar surface area (TPSA) is 93.6 Å². The molecule has 0 unspecified atom stereocenters. The predicted octanol–water partition coefficient (Wildman–Crippen LogP) is 1.91. The molecule has 1 heterocycles. The van der Waals surface area contributed by atoms with E-state index < -0.39 is 0 Å². The third-order valence-electron chi connectivity index (χ3n) is 2.26. The van der Waals surface area contributed by atoms with E-state index in [1.807, 2.05) is 24.3 Å². The van der Waals surface area contributed by atoms with Gasteiger partial charge < -0.3 is 15.7 Å². The molecule has 1 aromatic heterocycles. The zero-order chi connectivity index (χ0) is 13.7. The molecule has 3 N–H and O–H groups in total. The quantitative estimate of drug-likeness (QED) is 0.388. The average molecular weight is 323 g/mol. The summed E-state index contributed by atoms with van der Waals surface area (Å²) in [5.74, 6) is -0.0882. The Hall–Kier alpha value is -2.15. The first-order valence-electron chi connectivity index (χ1n) is 5.37. The number of aromatic nitrogens is 2. The van der Waals surface area contributed by atoms with Crippen LogP contribution in [-0.2, 0) is 6.61 Å². The Labute approximate surface area is 118 Å². The van der Waals surface area contributed by atoms with Crippen LogP contribution in [0.25, 0.3) is 0 Å². The maximum absolute atomic E-state index is 8.57. The monoisotopic (exact) mass is 322 g/mol. The SMILES string of the molecule is N/C(=N/O)c1ccnc(OCc2cccc(Br)c2)n1. The minimum absolute atomic E-state index is 0.0882. The fourth-order valence-corrected chi connectivity index (χ4v) is 1.83. The third kappa shape index (κ3) is 3.65. The lowest BCUT2D eigenvalue weighted by Crippen LogP contribution is -2.15. The summed E-state index contributed by atoms with van der Waals surface area (Å²) < 4.78 is 6.42. The molecule has 19 heavy (non-hydrogen) atoms. The summed E-state index contributed by atoms with van der Waals surface area (Å²) in [6, 6.07) is 9.41. The van der Waals surface area contributed by atoms with Crippen LogP contribution in [-0.4, -0.2) is 21.0 Å². The molecule has 1 aromatic carbocycles. The molecule has 0 saturated carbocycles. The van der Waals surface area contributed by atoms with Gasteiger partial charge in [-0.2, -0.15) is 4.98 Å². The lowest BCUT2D eigenvalue weighted by Gasteiger charge is -2.05. The highest BCUT2D eigenvalue weighted by Gasteiger charge is 2.05. The van der Waals surface area contributed by atoms with Crippen LogP contribution >= 0.6 is 15.9 Å². The molecule has 0 amide bonds. The molecule has 7 heteroatoms. The third-order valence-corrected chi connectivity index (χ3v) is 2.75. The number of nitrogens with zero attached hydrogens (tertiary/aromatic N) is 3. The van der Waals surface area contributed by atoms with Crippen LogP contribution in [0.3, 0.4) is 0 Å². The zero-order valence-corrected chi connectivity index (χ0v) is 11.4. The van der Waals surface area contributed by atoms with E-state index in [1.165, 1.54) is 12.3 Å². The van der Waals surface area contributed by atoms with Crippen molar-refractivity contribution < 1.29 is 9.94 Å². The molecule has 0 bridgehead atoms. The van der Waals surface area contributed by atoms with Gasteiger partial charge in [0.2, 0.25) is 0 Å². The van der Waals surface area contributed by atoms with E-state index in [2.05, 4.69) is 31.1 Å². The second-order valence-electron chi connectivity index (χ2n) is 3.63. The van der Waals surface area contributed by atoms with Crippen LogP contribution in [0.5, 0.6) is 6.01 Å². The van der Waals surface area contributed by atoms with Crippen LogP contribution < -0.4 is 10.5 Å². The van der Waals surface area contributed by atoms with E-state index in [-0.39, 0.29) is 11.8 Å². The van der Waals surface area contributed by atoms with E-state index in [4.69, 9.17) is 15.7 Å². The molecule has 0 aliphatic carbocycles. The maximum Gasteiger partial charge on any atom is 0.317 e. The van der Waals surface area contributed by atoms with Gasteiger partial charge in [-0.05, 0) is 23.8 Å². The van der Waals surface area contributed by atoms with Crippen molar-refractivity contribution in [1.29, 1.82) is 0 Å². The van der Waals surface area contributed by atoms with Gasteiger partial charge in [0.15, 0.2) is 5.84 Å². The summed E-state index contributed by atoms with van der Waals surface area (Å²) in [7, 11) is 0. The molecule has 0 aliphatic heterocycles. The Kier molecular flexibility index (Phi) is 4.30. The number of amidine groups is 1. The van der Waals surface area contributed by atoms with Crippen molar-refractivity contribution in [3.63, 3.8) is 0 Å². The fraction of sp³-hybridized carbons (Fsp3) is 0.0833. The van der Waals surface area contributed by atoms with Gasteiger partial charge in [0.05, 0.1) is 0 Å². The minimum Gasteiger partial charge on any atom is -0.459 e. The molecule has 0 atom stereocenters. The first-order valence-corrected chi connectivity index (χ1v) is 6.16. The zero-order valence-electron chi connectivity index (χ0n) is 9.82. The Morgan fingerprint density at radius 2 is 2.26 bits per heavy atom. The predicted molar refractivity (Wildman–Crippen MR) is 73.0 cm³/mol. The first-order chi connectivity index (χ1) is 9.19. The number of benzene rings is 1. The van der Waals surface area contributed by atoms with Crippen LogP contribution in [0.4, 0.5) is 0 Å². The molecule has 0 saturated heterocycles. The highest BCUT2D eigenvalue weighted by molar-refractivity contribution is 9.10. The fourth-order valence-electron chi connectivity index (χ4n) is 1.38. The Morgan fingerprint density at radius 3 is 3.00 bits per heavy atom. The van der Waals surface area contributed by atoms with Crippen LogP contribution in [0, 0.1) is 0 Å². The molecular formula is C12H11BrN4O2. The largest absolute Gasteiger partial charge is 0.459 e. The Morgan fingerprint density at radius 1 is 1.42 bits per heavy atom. The summed E-state index contributed by atoms with van der Waals surface area (Å²) in [5.41, 5.74) is 6.72. The van der Waals surface area contributed by atoms with E-state index >= 15 is 0 Å². The number of halogens is 1. The van der Waals surface area contributed by atoms with Crippen molar-refractivity contribution in [2.24, 2.45) is 10.9 Å². The van der Waals surface area contributed by atoms with Crippen LogP contribution in [0.15, 0.2) is 46.2 Å². The summed E-state index contributed by atoms with van der Waals surface area (Å²) in [6.45, 7) is 0.332. The van der Waals surface area contributed by atoms with Gasteiger partial charge in [-0.1, -0.05) is 33.2 Å². The summed E-state index contributed by atoms with van der Waals surface area (Å²) >= 11 is 3.38. The van der Waals surface area contributed by atoms with E-state index in [0.29, 0.717) is 12.3 Å². The molecule has 98 valence electrons. The van der Waals surface area contributed by atoms with Crippen LogP contribution in [0.1, 0.15) is 11.3 Å². The second kappa shape index (κ2) is 6.14. The van der Waals surface area contributed by atoms with Crippen molar-refractivity contribution in [2.45, 2.75) is 6.61 Å². The van der Waals surface area contributed by atoms with Gasteiger partial charge in [0.25, 0.3) is 0 Å². The lowest BCUT2D eigenvalue weighted by atomic mass is 10.2. The lowest BCUT2D eigenvalue weighted by molar-refractivity contribution is 0.280. The molecule has 6 nitrogen and oxygen atoms in total. The van der Waals surface area contributed by atoms with E-state index in [9.17, 15) is 0 Å². The highest BCUT2D eigenvalue weighted by atomic mass is 79.9. The number of rotatable bonds is 4. The van der Waals surface area contributed by atoms with Crippen LogP contribution in [0.2, 0.25) is 0 Å². The van der Waals surface area contributed by atoms with Gasteiger partial charge >= 0.3 is 6.01 Å². The number of nitrogens with two attached hydrogens (primary N) is 1. The van der Waals surface area contributed by atoms with Gasteiger partial charge in [-0.3, -0.25) is 0 Å². The molecule has 2 rings (SSSR count). The number of hydrogen-bond donors (Lipinski definition) is 2. The van der Waals surface area contributed by atoms with E-state index in [1.54, 1.807) is 0 Å². The Bertz CT molecular complexity index is 604.